The molecule has 0 radical (unpaired) electrons. The van der Waals surface area contributed by atoms with Crippen LogP contribution in [0.3, 0.4) is 0 Å². The summed E-state index contributed by atoms with van der Waals surface area (Å²) < 4.78 is 1.52. The lowest BCUT2D eigenvalue weighted by Crippen LogP contribution is -2.14. The van der Waals surface area contributed by atoms with Crippen molar-refractivity contribution < 1.29 is 4.79 Å². The van der Waals surface area contributed by atoms with Gasteiger partial charge in [-0.3, -0.25) is 4.79 Å². The van der Waals surface area contributed by atoms with Crippen molar-refractivity contribution >= 4 is 34.0 Å². The Balaban J connectivity index is 1.57. The average Bonchev–Trinajstić information content (AvgIpc) is 3.17. The van der Waals surface area contributed by atoms with Crippen LogP contribution in [0.4, 0.5) is 5.69 Å². The van der Waals surface area contributed by atoms with Crippen LogP contribution in [0.5, 0.6) is 0 Å². The third-order valence-electron chi connectivity index (χ3n) is 3.67. The molecular weight excluding hydrogens is 340 g/mol. The van der Waals surface area contributed by atoms with Crippen LogP contribution >= 0.6 is 11.6 Å². The number of aromatic nitrogens is 5. The number of tetrazole rings is 1. The fourth-order valence-corrected chi connectivity index (χ4v) is 2.71. The van der Waals surface area contributed by atoms with E-state index in [9.17, 15) is 4.79 Å². The third kappa shape index (κ3) is 3.05. The number of rotatable bonds is 3. The number of nitrogens with zero attached hydrogens (tertiary/aromatic N) is 5. The van der Waals surface area contributed by atoms with Gasteiger partial charge in [0.15, 0.2) is 0 Å². The number of nitrogens with one attached hydrogen (secondary N) is 1. The second-order valence-electron chi connectivity index (χ2n) is 5.27. The standard InChI is InChI=1S/C17H11ClN6O/c18-16-14-4-2-1-3-11(14)9-15(21-16)17(25)20-12-5-7-13(8-6-12)24-10-19-22-23-24/h1-10H,(H,20,25). The van der Waals surface area contributed by atoms with Gasteiger partial charge < -0.3 is 5.32 Å². The fourth-order valence-electron chi connectivity index (χ4n) is 2.44. The maximum Gasteiger partial charge on any atom is 0.274 e. The summed E-state index contributed by atoms with van der Waals surface area (Å²) in [6.45, 7) is 0. The van der Waals surface area contributed by atoms with Gasteiger partial charge in [0.2, 0.25) is 0 Å². The van der Waals surface area contributed by atoms with Crippen molar-refractivity contribution in [2.45, 2.75) is 0 Å². The SMILES string of the molecule is O=C(Nc1ccc(-n2cnnn2)cc1)c1cc2ccccc2c(Cl)n1. The van der Waals surface area contributed by atoms with Crippen molar-refractivity contribution in [3.05, 3.63) is 71.8 Å². The minimum Gasteiger partial charge on any atom is -0.321 e. The number of halogens is 1. The fraction of sp³-hybridized carbons (Fsp3) is 0. The van der Waals surface area contributed by atoms with E-state index in [0.29, 0.717) is 10.8 Å². The Hall–Kier alpha value is -3.32. The Labute approximate surface area is 147 Å². The molecule has 2 aromatic carbocycles. The van der Waals surface area contributed by atoms with Crippen LogP contribution in [0.25, 0.3) is 16.5 Å². The summed E-state index contributed by atoms with van der Waals surface area (Å²) in [4.78, 5) is 16.6. The first-order valence-corrected chi connectivity index (χ1v) is 7.78. The maximum atomic E-state index is 12.5. The van der Waals surface area contributed by atoms with E-state index >= 15 is 0 Å². The Morgan fingerprint density at radius 1 is 1.08 bits per heavy atom. The van der Waals surface area contributed by atoms with Crippen molar-refractivity contribution in [2.24, 2.45) is 0 Å². The molecule has 0 fully saturated rings. The van der Waals surface area contributed by atoms with Crippen molar-refractivity contribution in [3.8, 4) is 5.69 Å². The zero-order valence-electron chi connectivity index (χ0n) is 12.8. The largest absolute Gasteiger partial charge is 0.321 e. The summed E-state index contributed by atoms with van der Waals surface area (Å²) in [6, 6.07) is 16.4. The summed E-state index contributed by atoms with van der Waals surface area (Å²) in [7, 11) is 0. The number of fused-ring (bicyclic) bond motifs is 1. The van der Waals surface area contributed by atoms with Crippen LogP contribution in [0.2, 0.25) is 5.15 Å². The predicted molar refractivity (Wildman–Crippen MR) is 93.9 cm³/mol. The lowest BCUT2D eigenvalue weighted by atomic mass is 10.1. The van der Waals surface area contributed by atoms with Crippen LogP contribution in [0.1, 0.15) is 10.5 Å². The number of pyridine rings is 1. The number of benzene rings is 2. The molecule has 0 atom stereocenters. The maximum absolute atomic E-state index is 12.5. The molecule has 0 aliphatic heterocycles. The summed E-state index contributed by atoms with van der Waals surface area (Å²) in [5, 5.41) is 15.8. The first-order valence-electron chi connectivity index (χ1n) is 7.41. The topological polar surface area (TPSA) is 85.6 Å². The molecule has 0 aliphatic rings. The summed E-state index contributed by atoms with van der Waals surface area (Å²) in [5.41, 5.74) is 1.68. The molecule has 0 unspecified atom stereocenters. The van der Waals surface area contributed by atoms with Gasteiger partial charge in [0.25, 0.3) is 5.91 Å². The molecule has 25 heavy (non-hydrogen) atoms. The Kier molecular flexibility index (Phi) is 3.83. The van der Waals surface area contributed by atoms with Crippen LogP contribution in [0, 0.1) is 0 Å². The molecule has 1 amide bonds. The second kappa shape index (κ2) is 6.29. The molecular formula is C17H11ClN6O. The Morgan fingerprint density at radius 2 is 1.88 bits per heavy atom. The van der Waals surface area contributed by atoms with Crippen molar-refractivity contribution in [1.82, 2.24) is 25.2 Å². The highest BCUT2D eigenvalue weighted by Crippen LogP contribution is 2.23. The number of hydrogen-bond acceptors (Lipinski definition) is 5. The van der Waals surface area contributed by atoms with Gasteiger partial charge in [-0.25, -0.2) is 9.67 Å². The highest BCUT2D eigenvalue weighted by atomic mass is 35.5. The Bertz CT molecular complexity index is 1050. The first-order chi connectivity index (χ1) is 12.2. The zero-order valence-corrected chi connectivity index (χ0v) is 13.6. The van der Waals surface area contributed by atoms with E-state index in [2.05, 4.69) is 25.8 Å². The molecule has 8 heteroatoms. The van der Waals surface area contributed by atoms with E-state index in [4.69, 9.17) is 11.6 Å². The molecule has 122 valence electrons. The molecule has 7 nitrogen and oxygen atoms in total. The quantitative estimate of drug-likeness (QED) is 0.574. The lowest BCUT2D eigenvalue weighted by molar-refractivity contribution is 0.102. The Morgan fingerprint density at radius 3 is 2.64 bits per heavy atom. The molecule has 4 aromatic rings. The lowest BCUT2D eigenvalue weighted by Gasteiger charge is -2.07. The molecule has 0 aliphatic carbocycles. The van der Waals surface area contributed by atoms with Crippen LogP contribution < -0.4 is 5.32 Å². The number of carbonyl (C=O) groups is 1. The number of amides is 1. The van der Waals surface area contributed by atoms with Crippen molar-refractivity contribution in [2.75, 3.05) is 5.32 Å². The molecule has 0 saturated heterocycles. The number of anilines is 1. The molecule has 1 N–H and O–H groups in total. The number of hydrogen-bond donors (Lipinski definition) is 1. The summed E-state index contributed by atoms with van der Waals surface area (Å²) in [6.07, 6.45) is 1.49. The van der Waals surface area contributed by atoms with Gasteiger partial charge in [0.1, 0.15) is 17.2 Å². The predicted octanol–water partition coefficient (Wildman–Crippen LogP) is 3.12. The highest BCUT2D eigenvalue weighted by Gasteiger charge is 2.11. The molecule has 0 bridgehead atoms. The van der Waals surface area contributed by atoms with Crippen LogP contribution in [-0.2, 0) is 0 Å². The van der Waals surface area contributed by atoms with Crippen molar-refractivity contribution in [1.29, 1.82) is 0 Å². The van der Waals surface area contributed by atoms with Gasteiger partial charge in [-0.1, -0.05) is 35.9 Å². The van der Waals surface area contributed by atoms with Gasteiger partial charge in [-0.05, 0) is 46.1 Å². The average molecular weight is 351 g/mol. The van der Waals surface area contributed by atoms with Crippen LogP contribution in [0.15, 0.2) is 60.9 Å². The van der Waals surface area contributed by atoms with Gasteiger partial charge in [-0.15, -0.1) is 5.10 Å². The third-order valence-corrected chi connectivity index (χ3v) is 3.95. The smallest absolute Gasteiger partial charge is 0.274 e. The van der Waals surface area contributed by atoms with Crippen molar-refractivity contribution in [3.63, 3.8) is 0 Å². The van der Waals surface area contributed by atoms with Gasteiger partial charge in [-0.2, -0.15) is 0 Å². The van der Waals surface area contributed by atoms with Gasteiger partial charge >= 0.3 is 0 Å². The molecule has 2 heterocycles. The van der Waals surface area contributed by atoms with E-state index in [1.807, 2.05) is 24.3 Å². The second-order valence-corrected chi connectivity index (χ2v) is 5.63. The van der Waals surface area contributed by atoms with E-state index in [-0.39, 0.29) is 11.6 Å². The summed E-state index contributed by atoms with van der Waals surface area (Å²) in [5.74, 6) is -0.331. The van der Waals surface area contributed by atoms with E-state index in [1.54, 1.807) is 30.3 Å². The highest BCUT2D eigenvalue weighted by molar-refractivity contribution is 6.34. The van der Waals surface area contributed by atoms with Crippen LogP contribution in [-0.4, -0.2) is 31.1 Å². The minimum absolute atomic E-state index is 0.258. The minimum atomic E-state index is -0.331. The summed E-state index contributed by atoms with van der Waals surface area (Å²) >= 11 is 6.17. The molecule has 0 saturated carbocycles. The molecule has 4 rings (SSSR count). The van der Waals surface area contributed by atoms with Gasteiger partial charge in [0, 0.05) is 11.1 Å². The van der Waals surface area contributed by atoms with Gasteiger partial charge in [0.05, 0.1) is 5.69 Å². The number of carbonyl (C=O) groups excluding carboxylic acids is 1. The monoisotopic (exact) mass is 350 g/mol. The molecule has 0 spiro atoms. The van der Waals surface area contributed by atoms with E-state index in [1.165, 1.54) is 11.0 Å². The zero-order chi connectivity index (χ0) is 17.2. The van der Waals surface area contributed by atoms with E-state index in [0.717, 1.165) is 16.5 Å². The van der Waals surface area contributed by atoms with E-state index < -0.39 is 0 Å². The normalized spacial score (nSPS) is 10.8. The molecule has 2 aromatic heterocycles. The first kappa shape index (κ1) is 15.2.